The van der Waals surface area contributed by atoms with Gasteiger partial charge in [0.15, 0.2) is 0 Å². The summed E-state index contributed by atoms with van der Waals surface area (Å²) in [5.74, 6) is 0. The molecule has 1 saturated heterocycles. The molecule has 2 aliphatic heterocycles. The molecule has 0 bridgehead atoms. The van der Waals surface area contributed by atoms with Gasteiger partial charge in [0.2, 0.25) is 0 Å². The van der Waals surface area contributed by atoms with E-state index in [4.69, 9.17) is 22.1 Å². The van der Waals surface area contributed by atoms with E-state index in [2.05, 4.69) is 28.1 Å². The Bertz CT molecular complexity index is 752. The first kappa shape index (κ1) is 14.9. The van der Waals surface area contributed by atoms with Crippen LogP contribution in [0, 0.1) is 0 Å². The molecule has 0 radical (unpaired) electrons. The van der Waals surface area contributed by atoms with Crippen molar-refractivity contribution in [2.45, 2.75) is 6.54 Å². The van der Waals surface area contributed by atoms with Gasteiger partial charge in [-0.15, -0.1) is 11.3 Å². The van der Waals surface area contributed by atoms with Gasteiger partial charge >= 0.3 is 0 Å². The number of nitrogen functional groups attached to an aromatic ring is 1. The molecule has 0 aliphatic carbocycles. The molecule has 2 N–H and O–H groups in total. The highest BCUT2D eigenvalue weighted by atomic mass is 35.5. The lowest BCUT2D eigenvalue weighted by atomic mass is 10.1. The highest BCUT2D eigenvalue weighted by Crippen LogP contribution is 2.39. The number of hydrogen-bond donors (Lipinski definition) is 1. The van der Waals surface area contributed by atoms with Crippen LogP contribution in [-0.4, -0.2) is 31.2 Å². The van der Waals surface area contributed by atoms with Gasteiger partial charge in [0.05, 0.1) is 29.8 Å². The third-order valence-electron chi connectivity index (χ3n) is 4.20. The number of ether oxygens (including phenoxy) is 1. The highest BCUT2D eigenvalue weighted by Gasteiger charge is 2.25. The summed E-state index contributed by atoms with van der Waals surface area (Å²) in [7, 11) is 0. The SMILES string of the molecule is Nc1cccc(N2C=C(N3CCOCC3)c3cc(Cl)sc3C2)c1. The fourth-order valence-corrected chi connectivity index (χ4v) is 4.35. The molecule has 0 atom stereocenters. The molecule has 120 valence electrons. The van der Waals surface area contributed by atoms with Gasteiger partial charge in [-0.1, -0.05) is 17.7 Å². The van der Waals surface area contributed by atoms with Crippen LogP contribution >= 0.6 is 22.9 Å². The van der Waals surface area contributed by atoms with Crippen LogP contribution in [-0.2, 0) is 11.3 Å². The monoisotopic (exact) mass is 347 g/mol. The second-order valence-electron chi connectivity index (χ2n) is 5.72. The number of fused-ring (bicyclic) bond motifs is 1. The normalized spacial score (nSPS) is 17.9. The Hall–Kier alpha value is -1.69. The fourth-order valence-electron chi connectivity index (χ4n) is 3.07. The van der Waals surface area contributed by atoms with Crippen LogP contribution in [0.15, 0.2) is 36.5 Å². The number of nitrogens with zero attached hydrogens (tertiary/aromatic N) is 2. The van der Waals surface area contributed by atoms with Gasteiger partial charge in [0.25, 0.3) is 0 Å². The summed E-state index contributed by atoms with van der Waals surface area (Å²) in [5.41, 5.74) is 10.3. The summed E-state index contributed by atoms with van der Waals surface area (Å²) in [6, 6.07) is 10.1. The van der Waals surface area contributed by atoms with E-state index in [0.29, 0.717) is 0 Å². The highest BCUT2D eigenvalue weighted by molar-refractivity contribution is 7.16. The van der Waals surface area contributed by atoms with E-state index in [1.807, 2.05) is 18.2 Å². The Balaban J connectivity index is 1.74. The van der Waals surface area contributed by atoms with E-state index in [1.165, 1.54) is 16.1 Å². The molecule has 0 unspecified atom stereocenters. The lowest BCUT2D eigenvalue weighted by Crippen LogP contribution is -2.37. The average molecular weight is 348 g/mol. The maximum absolute atomic E-state index is 6.28. The molecule has 6 heteroatoms. The van der Waals surface area contributed by atoms with Crippen LogP contribution in [0.3, 0.4) is 0 Å². The largest absolute Gasteiger partial charge is 0.399 e. The van der Waals surface area contributed by atoms with Crippen molar-refractivity contribution >= 4 is 40.0 Å². The molecule has 23 heavy (non-hydrogen) atoms. The first-order valence-electron chi connectivity index (χ1n) is 7.66. The summed E-state index contributed by atoms with van der Waals surface area (Å²) >= 11 is 7.94. The van der Waals surface area contributed by atoms with Gasteiger partial charge in [-0.25, -0.2) is 0 Å². The standard InChI is InChI=1S/C17H18ClN3OS/c18-17-9-14-15(20-4-6-22-7-5-20)10-21(11-16(14)23-17)13-3-1-2-12(19)8-13/h1-3,8-10H,4-7,11,19H2. The van der Waals surface area contributed by atoms with E-state index < -0.39 is 0 Å². The molecular formula is C17H18ClN3OS. The van der Waals surface area contributed by atoms with E-state index in [1.54, 1.807) is 11.3 Å². The first-order valence-corrected chi connectivity index (χ1v) is 8.85. The van der Waals surface area contributed by atoms with Crippen molar-refractivity contribution in [3.8, 4) is 0 Å². The molecular weight excluding hydrogens is 330 g/mol. The van der Waals surface area contributed by atoms with Gasteiger partial charge in [-0.3, -0.25) is 0 Å². The Morgan fingerprint density at radius 1 is 1.17 bits per heavy atom. The number of benzene rings is 1. The molecule has 2 aromatic rings. The Kier molecular flexibility index (Phi) is 3.93. The molecule has 0 amide bonds. The maximum atomic E-state index is 6.28. The minimum atomic E-state index is 0.767. The van der Waals surface area contributed by atoms with Crippen molar-refractivity contribution in [3.05, 3.63) is 51.3 Å². The Morgan fingerprint density at radius 3 is 2.78 bits per heavy atom. The van der Waals surface area contributed by atoms with E-state index >= 15 is 0 Å². The molecule has 3 heterocycles. The van der Waals surface area contributed by atoms with Crippen molar-refractivity contribution in [2.75, 3.05) is 36.9 Å². The second-order valence-corrected chi connectivity index (χ2v) is 7.49. The number of rotatable bonds is 2. The number of thiophene rings is 1. The smallest absolute Gasteiger partial charge is 0.0938 e. The molecule has 1 aromatic heterocycles. The van der Waals surface area contributed by atoms with Gasteiger partial charge < -0.3 is 20.3 Å². The zero-order valence-corrected chi connectivity index (χ0v) is 14.2. The topological polar surface area (TPSA) is 41.7 Å². The van der Waals surface area contributed by atoms with Crippen LogP contribution in [0.25, 0.3) is 5.70 Å². The number of nitrogens with two attached hydrogens (primary N) is 1. The molecule has 1 fully saturated rings. The minimum absolute atomic E-state index is 0.767. The van der Waals surface area contributed by atoms with Gasteiger partial charge in [0.1, 0.15) is 0 Å². The summed E-state index contributed by atoms with van der Waals surface area (Å²) in [4.78, 5) is 5.92. The van der Waals surface area contributed by atoms with E-state index in [-0.39, 0.29) is 0 Å². The first-order chi connectivity index (χ1) is 11.2. The van der Waals surface area contributed by atoms with Crippen LogP contribution in [0.1, 0.15) is 10.4 Å². The van der Waals surface area contributed by atoms with Gasteiger partial charge in [-0.05, 0) is 24.3 Å². The maximum Gasteiger partial charge on any atom is 0.0938 e. The quantitative estimate of drug-likeness (QED) is 0.842. The lowest BCUT2D eigenvalue weighted by molar-refractivity contribution is 0.0638. The molecule has 0 spiro atoms. The summed E-state index contributed by atoms with van der Waals surface area (Å²) in [6.07, 6.45) is 2.21. The fraction of sp³-hybridized carbons (Fsp3) is 0.294. The van der Waals surface area contributed by atoms with Crippen LogP contribution < -0.4 is 10.6 Å². The predicted molar refractivity (Wildman–Crippen MR) is 96.7 cm³/mol. The third kappa shape index (κ3) is 2.92. The van der Waals surface area contributed by atoms with Crippen LogP contribution in [0.2, 0.25) is 4.34 Å². The average Bonchev–Trinajstić information content (AvgIpc) is 2.95. The van der Waals surface area contributed by atoms with E-state index in [0.717, 1.165) is 48.6 Å². The van der Waals surface area contributed by atoms with Gasteiger partial charge in [0, 0.05) is 41.1 Å². The Labute approximate surface area is 144 Å². The molecule has 0 saturated carbocycles. The summed E-state index contributed by atoms with van der Waals surface area (Å²) in [6.45, 7) is 4.17. The molecule has 4 rings (SSSR count). The number of hydrogen-bond acceptors (Lipinski definition) is 5. The second kappa shape index (κ2) is 6.07. The molecule has 4 nitrogen and oxygen atoms in total. The minimum Gasteiger partial charge on any atom is -0.399 e. The van der Waals surface area contributed by atoms with Crippen molar-refractivity contribution < 1.29 is 4.74 Å². The summed E-state index contributed by atoms with van der Waals surface area (Å²) < 4.78 is 6.33. The van der Waals surface area contributed by atoms with Crippen molar-refractivity contribution in [1.82, 2.24) is 4.90 Å². The third-order valence-corrected chi connectivity index (χ3v) is 5.45. The number of morpholine rings is 1. The van der Waals surface area contributed by atoms with Crippen molar-refractivity contribution in [2.24, 2.45) is 0 Å². The van der Waals surface area contributed by atoms with Crippen molar-refractivity contribution in [3.63, 3.8) is 0 Å². The predicted octanol–water partition coefficient (Wildman–Crippen LogP) is 3.63. The number of anilines is 2. The van der Waals surface area contributed by atoms with Crippen LogP contribution in [0.4, 0.5) is 11.4 Å². The van der Waals surface area contributed by atoms with Gasteiger partial charge in [-0.2, -0.15) is 0 Å². The lowest BCUT2D eigenvalue weighted by Gasteiger charge is -2.35. The zero-order chi connectivity index (χ0) is 15.8. The summed E-state index contributed by atoms with van der Waals surface area (Å²) in [5, 5.41) is 0. The van der Waals surface area contributed by atoms with E-state index in [9.17, 15) is 0 Å². The Morgan fingerprint density at radius 2 is 2.00 bits per heavy atom. The number of halogens is 1. The molecule has 2 aliphatic rings. The zero-order valence-electron chi connectivity index (χ0n) is 12.7. The molecule has 1 aromatic carbocycles. The van der Waals surface area contributed by atoms with Crippen LogP contribution in [0.5, 0.6) is 0 Å². The van der Waals surface area contributed by atoms with Crippen molar-refractivity contribution in [1.29, 1.82) is 0 Å².